The summed E-state index contributed by atoms with van der Waals surface area (Å²) in [6.07, 6.45) is 14.5. The van der Waals surface area contributed by atoms with Gasteiger partial charge in [-0.1, -0.05) is 65.2 Å². The van der Waals surface area contributed by atoms with Gasteiger partial charge in [-0.3, -0.25) is 4.98 Å². The number of aromatic nitrogens is 1. The number of aryl methyl sites for hydroxylation is 1. The first kappa shape index (κ1) is 18.0. The zero-order chi connectivity index (χ0) is 15.5. The van der Waals surface area contributed by atoms with Crippen molar-refractivity contribution in [2.45, 2.75) is 90.9 Å². The van der Waals surface area contributed by atoms with Crippen molar-refractivity contribution in [3.63, 3.8) is 0 Å². The molecule has 0 aliphatic heterocycles. The second kappa shape index (κ2) is 10.6. The Morgan fingerprint density at radius 1 is 0.952 bits per heavy atom. The minimum Gasteiger partial charge on any atom is -0.506 e. The van der Waals surface area contributed by atoms with Crippen LogP contribution in [0.4, 0.5) is 0 Å². The highest BCUT2D eigenvalue weighted by Gasteiger charge is 2.17. The number of pyridine rings is 1. The maximum atomic E-state index is 10.3. The summed E-state index contributed by atoms with van der Waals surface area (Å²) in [6.45, 7) is 6.45. The van der Waals surface area contributed by atoms with Crippen molar-refractivity contribution in [1.82, 2.24) is 4.98 Å². The van der Waals surface area contributed by atoms with Crippen molar-refractivity contribution in [2.24, 2.45) is 0 Å². The Kier molecular flexibility index (Phi) is 9.12. The van der Waals surface area contributed by atoms with Gasteiger partial charge >= 0.3 is 0 Å². The summed E-state index contributed by atoms with van der Waals surface area (Å²) in [5.74, 6) is 0.852. The number of hydrogen-bond acceptors (Lipinski definition) is 2. The summed E-state index contributed by atoms with van der Waals surface area (Å²) >= 11 is 0. The molecule has 0 saturated carbocycles. The van der Waals surface area contributed by atoms with Crippen LogP contribution in [0.2, 0.25) is 0 Å². The molecule has 2 nitrogen and oxygen atoms in total. The number of hydrogen-bond donors (Lipinski definition) is 1. The van der Waals surface area contributed by atoms with E-state index in [9.17, 15) is 5.11 Å². The molecule has 1 rings (SSSR count). The van der Waals surface area contributed by atoms with Crippen molar-refractivity contribution in [2.75, 3.05) is 0 Å². The molecular weight excluding hydrogens is 258 g/mol. The third kappa shape index (κ3) is 6.50. The van der Waals surface area contributed by atoms with Gasteiger partial charge in [0.15, 0.2) is 0 Å². The molecular formula is C19H33NO. The molecule has 0 bridgehead atoms. The van der Waals surface area contributed by atoms with Gasteiger partial charge in [-0.2, -0.15) is 0 Å². The molecule has 0 fully saturated rings. The SMILES string of the molecule is CCCCCCCC(CCCCC)c1nccc(C)c1O. The normalized spacial score (nSPS) is 12.5. The first-order chi connectivity index (χ1) is 10.2. The molecule has 1 N–H and O–H groups in total. The summed E-state index contributed by atoms with van der Waals surface area (Å²) in [5, 5.41) is 10.3. The van der Waals surface area contributed by atoms with Crippen LogP contribution in [0.1, 0.15) is 95.2 Å². The fourth-order valence-electron chi connectivity index (χ4n) is 2.92. The van der Waals surface area contributed by atoms with Crippen molar-refractivity contribution in [3.05, 3.63) is 23.5 Å². The van der Waals surface area contributed by atoms with E-state index >= 15 is 0 Å². The molecule has 1 unspecified atom stereocenters. The van der Waals surface area contributed by atoms with Crippen LogP contribution in [0.5, 0.6) is 5.75 Å². The summed E-state index contributed by atoms with van der Waals surface area (Å²) in [6, 6.07) is 1.89. The molecule has 0 amide bonds. The summed E-state index contributed by atoms with van der Waals surface area (Å²) in [4.78, 5) is 4.48. The maximum Gasteiger partial charge on any atom is 0.140 e. The molecule has 0 aliphatic carbocycles. The van der Waals surface area contributed by atoms with Crippen molar-refractivity contribution < 1.29 is 5.11 Å². The van der Waals surface area contributed by atoms with E-state index in [1.807, 2.05) is 19.2 Å². The highest BCUT2D eigenvalue weighted by molar-refractivity contribution is 5.36. The van der Waals surface area contributed by atoms with E-state index in [0.717, 1.165) is 24.1 Å². The van der Waals surface area contributed by atoms with Gasteiger partial charge in [0.2, 0.25) is 0 Å². The van der Waals surface area contributed by atoms with Crippen molar-refractivity contribution in [1.29, 1.82) is 0 Å². The molecule has 120 valence electrons. The third-order valence-corrected chi connectivity index (χ3v) is 4.35. The smallest absolute Gasteiger partial charge is 0.140 e. The van der Waals surface area contributed by atoms with Crippen LogP contribution < -0.4 is 0 Å². The van der Waals surface area contributed by atoms with Crippen LogP contribution >= 0.6 is 0 Å². The lowest BCUT2D eigenvalue weighted by Crippen LogP contribution is -2.03. The largest absolute Gasteiger partial charge is 0.506 e. The Labute approximate surface area is 131 Å². The van der Waals surface area contributed by atoms with Crippen LogP contribution in [0.15, 0.2) is 12.3 Å². The third-order valence-electron chi connectivity index (χ3n) is 4.35. The number of aromatic hydroxyl groups is 1. The van der Waals surface area contributed by atoms with Gasteiger partial charge in [-0.05, 0) is 31.4 Å². The molecule has 0 spiro atoms. The Morgan fingerprint density at radius 3 is 2.19 bits per heavy atom. The maximum absolute atomic E-state index is 10.3. The number of unbranched alkanes of at least 4 members (excludes halogenated alkanes) is 6. The molecule has 0 aromatic carbocycles. The Balaban J connectivity index is 2.60. The van der Waals surface area contributed by atoms with E-state index in [1.165, 1.54) is 51.4 Å². The number of rotatable bonds is 11. The molecule has 21 heavy (non-hydrogen) atoms. The van der Waals surface area contributed by atoms with Gasteiger partial charge in [-0.25, -0.2) is 0 Å². The average Bonchev–Trinajstić information content (AvgIpc) is 2.48. The molecule has 1 atom stereocenters. The van der Waals surface area contributed by atoms with Crippen LogP contribution in [0, 0.1) is 6.92 Å². The topological polar surface area (TPSA) is 33.1 Å². The zero-order valence-electron chi connectivity index (χ0n) is 14.2. The van der Waals surface area contributed by atoms with Crippen LogP contribution in [0.25, 0.3) is 0 Å². The first-order valence-electron chi connectivity index (χ1n) is 8.85. The van der Waals surface area contributed by atoms with E-state index < -0.39 is 0 Å². The summed E-state index contributed by atoms with van der Waals surface area (Å²) in [5.41, 5.74) is 1.88. The average molecular weight is 291 g/mol. The molecule has 1 aromatic rings. The molecule has 1 heterocycles. The van der Waals surface area contributed by atoms with Gasteiger partial charge in [0.05, 0.1) is 5.69 Å². The quantitative estimate of drug-likeness (QED) is 0.498. The van der Waals surface area contributed by atoms with Crippen LogP contribution in [0.3, 0.4) is 0 Å². The minimum atomic E-state index is 0.424. The lowest BCUT2D eigenvalue weighted by molar-refractivity contribution is 0.429. The molecule has 2 heteroatoms. The zero-order valence-corrected chi connectivity index (χ0v) is 14.2. The Hall–Kier alpha value is -1.05. The van der Waals surface area contributed by atoms with E-state index in [4.69, 9.17) is 0 Å². The molecule has 0 aliphatic rings. The van der Waals surface area contributed by atoms with Gasteiger partial charge < -0.3 is 5.11 Å². The van der Waals surface area contributed by atoms with E-state index in [0.29, 0.717) is 11.7 Å². The van der Waals surface area contributed by atoms with E-state index in [-0.39, 0.29) is 0 Å². The molecule has 0 radical (unpaired) electrons. The van der Waals surface area contributed by atoms with E-state index in [2.05, 4.69) is 18.8 Å². The fourth-order valence-corrected chi connectivity index (χ4v) is 2.92. The highest BCUT2D eigenvalue weighted by atomic mass is 16.3. The fraction of sp³-hybridized carbons (Fsp3) is 0.737. The Bertz CT molecular complexity index is 389. The van der Waals surface area contributed by atoms with Crippen LogP contribution in [-0.2, 0) is 0 Å². The van der Waals surface area contributed by atoms with Gasteiger partial charge in [0.25, 0.3) is 0 Å². The van der Waals surface area contributed by atoms with Crippen molar-refractivity contribution in [3.8, 4) is 5.75 Å². The second-order valence-corrected chi connectivity index (χ2v) is 6.26. The number of nitrogens with zero attached hydrogens (tertiary/aromatic N) is 1. The van der Waals surface area contributed by atoms with Gasteiger partial charge in [0.1, 0.15) is 5.75 Å². The standard InChI is InChI=1S/C19H33NO/c1-4-6-8-9-11-13-17(12-10-7-5-2)18-19(21)16(3)14-15-20-18/h14-15,17,21H,4-13H2,1-3H3. The van der Waals surface area contributed by atoms with Crippen molar-refractivity contribution >= 4 is 0 Å². The molecule has 1 aromatic heterocycles. The van der Waals surface area contributed by atoms with Gasteiger partial charge in [0, 0.05) is 12.1 Å². The monoisotopic (exact) mass is 291 g/mol. The van der Waals surface area contributed by atoms with Gasteiger partial charge in [-0.15, -0.1) is 0 Å². The summed E-state index contributed by atoms with van der Waals surface area (Å²) < 4.78 is 0. The first-order valence-corrected chi connectivity index (χ1v) is 8.85. The van der Waals surface area contributed by atoms with E-state index in [1.54, 1.807) is 0 Å². The Morgan fingerprint density at radius 2 is 1.52 bits per heavy atom. The highest BCUT2D eigenvalue weighted by Crippen LogP contribution is 2.33. The van der Waals surface area contributed by atoms with Crippen LogP contribution in [-0.4, -0.2) is 10.1 Å². The predicted molar refractivity (Wildman–Crippen MR) is 90.9 cm³/mol. The second-order valence-electron chi connectivity index (χ2n) is 6.26. The summed E-state index contributed by atoms with van der Waals surface area (Å²) in [7, 11) is 0. The molecule has 0 saturated heterocycles. The lowest BCUT2D eigenvalue weighted by Gasteiger charge is -2.18. The lowest BCUT2D eigenvalue weighted by atomic mass is 9.90. The predicted octanol–water partition coefficient (Wildman–Crippen LogP) is 6.12. The minimum absolute atomic E-state index is 0.424.